The number of carbonyl (C=O) groups is 1. The van der Waals surface area contributed by atoms with Gasteiger partial charge in [0.25, 0.3) is 0 Å². The Morgan fingerprint density at radius 2 is 1.68 bits per heavy atom. The fraction of sp³-hybridized carbons (Fsp3) is 0.500. The van der Waals surface area contributed by atoms with Crippen molar-refractivity contribution in [3.05, 3.63) is 29.8 Å². The second kappa shape index (κ2) is 9.22. The van der Waals surface area contributed by atoms with Gasteiger partial charge in [-0.15, -0.1) is 23.2 Å². The number of benzene rings is 1. The summed E-state index contributed by atoms with van der Waals surface area (Å²) in [5.74, 6) is -0.617. The van der Waals surface area contributed by atoms with Crippen LogP contribution < -0.4 is 4.90 Å². The first-order chi connectivity index (χ1) is 10.4. The molecule has 0 aromatic heterocycles. The van der Waals surface area contributed by atoms with Gasteiger partial charge in [-0.2, -0.15) is 0 Å². The van der Waals surface area contributed by atoms with Gasteiger partial charge in [-0.3, -0.25) is 4.79 Å². The Balaban J connectivity index is 2.77. The Kier molecular flexibility index (Phi) is 8.00. The van der Waals surface area contributed by atoms with Crippen LogP contribution in [0.25, 0.3) is 0 Å². The first kappa shape index (κ1) is 19.1. The normalized spacial score (nSPS) is 11.2. The molecule has 1 aromatic carbocycles. The third-order valence-electron chi connectivity index (χ3n) is 2.96. The number of esters is 1. The highest BCUT2D eigenvalue weighted by Gasteiger charge is 2.18. The Labute approximate surface area is 141 Å². The number of carbonyl (C=O) groups excluding carboxylic acids is 1. The minimum atomic E-state index is -3.53. The predicted octanol–water partition coefficient (Wildman–Crippen LogP) is 2.06. The van der Waals surface area contributed by atoms with Crippen molar-refractivity contribution in [2.24, 2.45) is 0 Å². The van der Waals surface area contributed by atoms with Gasteiger partial charge >= 0.3 is 5.97 Å². The van der Waals surface area contributed by atoms with E-state index in [4.69, 9.17) is 23.2 Å². The molecular weight excluding hydrogens is 349 g/mol. The lowest BCUT2D eigenvalue weighted by Crippen LogP contribution is -2.27. The van der Waals surface area contributed by atoms with Crippen LogP contribution in [0.1, 0.15) is 5.56 Å². The molecule has 0 unspecified atom stereocenters. The largest absolute Gasteiger partial charge is 0.468 e. The highest BCUT2D eigenvalue weighted by atomic mass is 35.5. The van der Waals surface area contributed by atoms with Gasteiger partial charge in [-0.05, 0) is 17.7 Å². The lowest BCUT2D eigenvalue weighted by molar-refractivity contribution is -0.137. The number of sulfone groups is 1. The molecule has 0 atom stereocenters. The molecule has 22 heavy (non-hydrogen) atoms. The number of halogens is 2. The highest BCUT2D eigenvalue weighted by molar-refractivity contribution is 7.91. The molecule has 1 rings (SSSR count). The van der Waals surface area contributed by atoms with Crippen LogP contribution in [0, 0.1) is 0 Å². The van der Waals surface area contributed by atoms with Crippen LogP contribution in [0.3, 0.4) is 0 Å². The molecule has 0 bridgehead atoms. The zero-order chi connectivity index (χ0) is 16.6. The zero-order valence-electron chi connectivity index (χ0n) is 12.3. The summed E-state index contributed by atoms with van der Waals surface area (Å²) in [4.78, 5) is 13.1. The molecule has 0 fully saturated rings. The summed E-state index contributed by atoms with van der Waals surface area (Å²) in [6, 6.07) is 7.09. The third-order valence-corrected chi connectivity index (χ3v) is 4.75. The molecule has 8 heteroatoms. The maximum absolute atomic E-state index is 11.8. The Bertz CT molecular complexity index is 569. The van der Waals surface area contributed by atoms with E-state index in [2.05, 4.69) is 4.74 Å². The number of hydrogen-bond acceptors (Lipinski definition) is 5. The second-order valence-corrected chi connectivity index (χ2v) is 7.46. The number of methoxy groups -OCH3 is 1. The van der Waals surface area contributed by atoms with Crippen LogP contribution in [-0.4, -0.2) is 52.1 Å². The number of ether oxygens (including phenoxy) is 1. The molecule has 0 heterocycles. The maximum Gasteiger partial charge on any atom is 0.320 e. The minimum absolute atomic E-state index is 0.201. The van der Waals surface area contributed by atoms with Crippen molar-refractivity contribution in [1.29, 1.82) is 0 Å². The Morgan fingerprint density at radius 1 is 1.14 bits per heavy atom. The average molecular weight is 368 g/mol. The van der Waals surface area contributed by atoms with Crippen molar-refractivity contribution < 1.29 is 17.9 Å². The fourth-order valence-electron chi connectivity index (χ4n) is 1.92. The van der Waals surface area contributed by atoms with E-state index < -0.39 is 21.6 Å². The SMILES string of the molecule is COC(=O)CS(=O)(=O)Cc1ccc(N(CCCl)CCCl)cc1. The molecule has 0 N–H and O–H groups in total. The van der Waals surface area contributed by atoms with Gasteiger partial charge in [-0.1, -0.05) is 12.1 Å². The number of nitrogens with zero attached hydrogens (tertiary/aromatic N) is 1. The second-order valence-electron chi connectivity index (χ2n) is 4.64. The third kappa shape index (κ3) is 6.42. The van der Waals surface area contributed by atoms with E-state index in [9.17, 15) is 13.2 Å². The molecule has 0 saturated carbocycles. The topological polar surface area (TPSA) is 63.7 Å². The average Bonchev–Trinajstić information content (AvgIpc) is 2.47. The molecule has 124 valence electrons. The van der Waals surface area contributed by atoms with Crippen LogP contribution in [0.2, 0.25) is 0 Å². The molecule has 5 nitrogen and oxygen atoms in total. The Hall–Kier alpha value is -0.980. The van der Waals surface area contributed by atoms with E-state index in [-0.39, 0.29) is 5.75 Å². The molecule has 0 aliphatic heterocycles. The van der Waals surface area contributed by atoms with Crippen LogP contribution in [-0.2, 0) is 25.1 Å². The lowest BCUT2D eigenvalue weighted by Gasteiger charge is -2.23. The van der Waals surface area contributed by atoms with Crippen molar-refractivity contribution >= 4 is 44.7 Å². The van der Waals surface area contributed by atoms with Gasteiger partial charge in [0.1, 0.15) is 5.75 Å². The predicted molar refractivity (Wildman–Crippen MR) is 89.6 cm³/mol. The summed E-state index contributed by atoms with van der Waals surface area (Å²) >= 11 is 11.5. The molecule has 0 spiro atoms. The number of alkyl halides is 2. The van der Waals surface area contributed by atoms with Crippen LogP contribution in [0.5, 0.6) is 0 Å². The molecule has 1 aromatic rings. The Morgan fingerprint density at radius 3 is 2.14 bits per heavy atom. The van der Waals surface area contributed by atoms with Crippen LogP contribution in [0.15, 0.2) is 24.3 Å². The van der Waals surface area contributed by atoms with E-state index in [1.54, 1.807) is 12.1 Å². The number of anilines is 1. The van der Waals surface area contributed by atoms with Crippen LogP contribution >= 0.6 is 23.2 Å². The lowest BCUT2D eigenvalue weighted by atomic mass is 10.2. The zero-order valence-corrected chi connectivity index (χ0v) is 14.6. The first-order valence-electron chi connectivity index (χ1n) is 6.65. The highest BCUT2D eigenvalue weighted by Crippen LogP contribution is 2.17. The van der Waals surface area contributed by atoms with E-state index in [0.29, 0.717) is 30.4 Å². The summed E-state index contributed by atoms with van der Waals surface area (Å²) in [5.41, 5.74) is 1.54. The summed E-state index contributed by atoms with van der Waals surface area (Å²) in [6.45, 7) is 1.32. The summed E-state index contributed by atoms with van der Waals surface area (Å²) in [5, 5.41) is 0. The maximum atomic E-state index is 11.8. The van der Waals surface area contributed by atoms with E-state index in [1.807, 2.05) is 17.0 Å². The molecule has 0 saturated heterocycles. The van der Waals surface area contributed by atoms with Crippen molar-refractivity contribution in [1.82, 2.24) is 0 Å². The minimum Gasteiger partial charge on any atom is -0.468 e. The molecule has 0 aliphatic carbocycles. The fourth-order valence-corrected chi connectivity index (χ4v) is 3.61. The first-order valence-corrected chi connectivity index (χ1v) is 9.54. The van der Waals surface area contributed by atoms with Crippen molar-refractivity contribution in [2.45, 2.75) is 5.75 Å². The van der Waals surface area contributed by atoms with E-state index in [1.165, 1.54) is 0 Å². The standard InChI is InChI=1S/C14H19Cl2NO4S/c1-21-14(18)11-22(19,20)10-12-2-4-13(5-3-12)17(8-6-15)9-7-16/h2-5H,6-11H2,1H3. The van der Waals surface area contributed by atoms with Gasteiger partial charge in [0.2, 0.25) is 0 Å². The van der Waals surface area contributed by atoms with Gasteiger partial charge in [0, 0.05) is 30.5 Å². The monoisotopic (exact) mass is 367 g/mol. The summed E-state index contributed by atoms with van der Waals surface area (Å²) < 4.78 is 28.1. The van der Waals surface area contributed by atoms with Crippen LogP contribution in [0.4, 0.5) is 5.69 Å². The molecule has 0 amide bonds. The van der Waals surface area contributed by atoms with Crippen molar-refractivity contribution in [3.63, 3.8) is 0 Å². The smallest absolute Gasteiger partial charge is 0.320 e. The molecule has 0 aliphatic rings. The molecular formula is C14H19Cl2NO4S. The summed E-state index contributed by atoms with van der Waals surface area (Å²) in [7, 11) is -2.37. The number of rotatable bonds is 9. The van der Waals surface area contributed by atoms with Gasteiger partial charge < -0.3 is 9.64 Å². The van der Waals surface area contributed by atoms with Crippen molar-refractivity contribution in [3.8, 4) is 0 Å². The summed E-state index contributed by atoms with van der Waals surface area (Å²) in [6.07, 6.45) is 0. The molecule has 0 radical (unpaired) electrons. The number of hydrogen-bond donors (Lipinski definition) is 0. The quantitative estimate of drug-likeness (QED) is 0.493. The van der Waals surface area contributed by atoms with Gasteiger partial charge in [-0.25, -0.2) is 8.42 Å². The van der Waals surface area contributed by atoms with Gasteiger partial charge in [0.05, 0.1) is 12.9 Å². The van der Waals surface area contributed by atoms with Crippen molar-refractivity contribution in [2.75, 3.05) is 42.6 Å². The van der Waals surface area contributed by atoms with E-state index >= 15 is 0 Å². The van der Waals surface area contributed by atoms with E-state index in [0.717, 1.165) is 12.8 Å². The van der Waals surface area contributed by atoms with Gasteiger partial charge in [0.15, 0.2) is 9.84 Å².